The number of hydrogen-bond donors (Lipinski definition) is 1. The molecule has 0 radical (unpaired) electrons. The third-order valence-corrected chi connectivity index (χ3v) is 5.40. The number of nitro groups is 1. The number of pyridine rings is 1. The van der Waals surface area contributed by atoms with Crippen molar-refractivity contribution in [1.29, 1.82) is 0 Å². The maximum atomic E-state index is 13.0. The molecule has 0 bridgehead atoms. The van der Waals surface area contributed by atoms with Crippen molar-refractivity contribution in [3.8, 4) is 0 Å². The summed E-state index contributed by atoms with van der Waals surface area (Å²) in [6.45, 7) is 1.20. The number of benzene rings is 2. The summed E-state index contributed by atoms with van der Waals surface area (Å²) in [6.07, 6.45) is 3.59. The first-order chi connectivity index (χ1) is 14.9. The van der Waals surface area contributed by atoms with Crippen LogP contribution in [0, 0.1) is 17.0 Å². The van der Waals surface area contributed by atoms with Gasteiger partial charge in [-0.15, -0.1) is 0 Å². The van der Waals surface area contributed by atoms with Crippen molar-refractivity contribution in [2.24, 2.45) is 0 Å². The fraction of sp³-hybridized carbons (Fsp3) is 0.261. The monoisotopic (exact) mass is 419 g/mol. The van der Waals surface area contributed by atoms with Crippen molar-refractivity contribution < 1.29 is 19.2 Å². The summed E-state index contributed by atoms with van der Waals surface area (Å²) in [5.41, 5.74) is 3.96. The lowest BCUT2D eigenvalue weighted by molar-refractivity contribution is -0.384. The third-order valence-electron chi connectivity index (χ3n) is 5.40. The molecule has 8 nitrogen and oxygen atoms in total. The highest BCUT2D eigenvalue weighted by atomic mass is 16.6. The predicted molar refractivity (Wildman–Crippen MR) is 115 cm³/mol. The van der Waals surface area contributed by atoms with Crippen LogP contribution in [0.2, 0.25) is 0 Å². The standard InChI is InChI=1S/C23H21N3O5/c1-14-12-15(26(29)30)10-11-18(14)25-21(27)13-31-23(28)22-16-6-2-4-8-19(16)24-20-9-5-3-7-17(20)22/h2,4,6,8,10-12H,3,5,7,9,13H2,1H3,(H,25,27). The van der Waals surface area contributed by atoms with Crippen LogP contribution in [0.3, 0.4) is 0 Å². The van der Waals surface area contributed by atoms with Gasteiger partial charge in [0.2, 0.25) is 0 Å². The molecular weight excluding hydrogens is 398 g/mol. The second-order valence-electron chi connectivity index (χ2n) is 7.52. The highest BCUT2D eigenvalue weighted by Gasteiger charge is 2.24. The number of para-hydroxylation sites is 1. The Balaban J connectivity index is 1.51. The van der Waals surface area contributed by atoms with E-state index in [1.165, 1.54) is 18.2 Å². The van der Waals surface area contributed by atoms with Crippen molar-refractivity contribution in [2.75, 3.05) is 11.9 Å². The Morgan fingerprint density at radius 2 is 1.94 bits per heavy atom. The second kappa shape index (κ2) is 8.51. The molecule has 2 aromatic carbocycles. The number of nitrogens with zero attached hydrogens (tertiary/aromatic N) is 2. The lowest BCUT2D eigenvalue weighted by Crippen LogP contribution is -2.23. The first kappa shape index (κ1) is 20.5. The summed E-state index contributed by atoms with van der Waals surface area (Å²) in [7, 11) is 0. The molecule has 1 heterocycles. The van der Waals surface area contributed by atoms with Gasteiger partial charge in [-0.05, 0) is 55.9 Å². The van der Waals surface area contributed by atoms with E-state index in [0.717, 1.165) is 47.8 Å². The normalized spacial score (nSPS) is 12.8. The zero-order chi connectivity index (χ0) is 22.0. The smallest absolute Gasteiger partial charge is 0.339 e. The van der Waals surface area contributed by atoms with Crippen molar-refractivity contribution in [3.05, 3.63) is 75.0 Å². The van der Waals surface area contributed by atoms with Crippen LogP contribution in [-0.2, 0) is 22.4 Å². The first-order valence-electron chi connectivity index (χ1n) is 10.1. The minimum Gasteiger partial charge on any atom is -0.452 e. The number of anilines is 1. The zero-order valence-corrected chi connectivity index (χ0v) is 17.0. The molecule has 0 atom stereocenters. The number of fused-ring (bicyclic) bond motifs is 2. The minimum absolute atomic E-state index is 0.0590. The van der Waals surface area contributed by atoms with Crippen LogP contribution >= 0.6 is 0 Å². The molecule has 31 heavy (non-hydrogen) atoms. The topological polar surface area (TPSA) is 111 Å². The Morgan fingerprint density at radius 3 is 2.71 bits per heavy atom. The molecule has 1 amide bonds. The molecular formula is C23H21N3O5. The molecule has 0 fully saturated rings. The Bertz CT molecular complexity index is 1210. The van der Waals surface area contributed by atoms with Crippen molar-refractivity contribution in [1.82, 2.24) is 4.98 Å². The number of non-ortho nitro benzene ring substituents is 1. The number of nitro benzene ring substituents is 1. The van der Waals surface area contributed by atoms with Gasteiger partial charge >= 0.3 is 5.97 Å². The molecule has 1 N–H and O–H groups in total. The molecule has 1 aliphatic rings. The predicted octanol–water partition coefficient (Wildman–Crippen LogP) is 4.13. The lowest BCUT2D eigenvalue weighted by Gasteiger charge is -2.20. The number of carbonyl (C=O) groups is 2. The molecule has 0 unspecified atom stereocenters. The van der Waals surface area contributed by atoms with Crippen LogP contribution in [0.25, 0.3) is 10.9 Å². The second-order valence-corrected chi connectivity index (χ2v) is 7.52. The molecule has 0 aliphatic heterocycles. The molecule has 1 aromatic heterocycles. The number of hydrogen-bond acceptors (Lipinski definition) is 6. The Kier molecular flexibility index (Phi) is 5.62. The van der Waals surface area contributed by atoms with E-state index < -0.39 is 23.4 Å². The molecule has 1 aliphatic carbocycles. The van der Waals surface area contributed by atoms with Gasteiger partial charge < -0.3 is 10.1 Å². The summed E-state index contributed by atoms with van der Waals surface area (Å²) in [6, 6.07) is 11.6. The number of aromatic nitrogens is 1. The van der Waals surface area contributed by atoms with E-state index >= 15 is 0 Å². The first-order valence-corrected chi connectivity index (χ1v) is 10.1. The molecule has 0 saturated carbocycles. The van der Waals surface area contributed by atoms with Gasteiger partial charge in [0.1, 0.15) is 0 Å². The quantitative estimate of drug-likeness (QED) is 0.378. The average molecular weight is 419 g/mol. The molecule has 8 heteroatoms. The van der Waals surface area contributed by atoms with Gasteiger partial charge in [0.25, 0.3) is 11.6 Å². The maximum Gasteiger partial charge on any atom is 0.339 e. The van der Waals surface area contributed by atoms with Gasteiger partial charge in [0.15, 0.2) is 6.61 Å². The zero-order valence-electron chi connectivity index (χ0n) is 17.0. The van der Waals surface area contributed by atoms with E-state index in [1.807, 2.05) is 24.3 Å². The van der Waals surface area contributed by atoms with Gasteiger partial charge in [0, 0.05) is 28.9 Å². The number of aryl methyl sites for hydroxylation is 2. The number of amides is 1. The van der Waals surface area contributed by atoms with Crippen LogP contribution in [0.1, 0.15) is 40.0 Å². The Labute approximate surface area is 178 Å². The van der Waals surface area contributed by atoms with Gasteiger partial charge in [-0.25, -0.2) is 4.79 Å². The Morgan fingerprint density at radius 1 is 1.16 bits per heavy atom. The van der Waals surface area contributed by atoms with Crippen LogP contribution < -0.4 is 5.32 Å². The fourth-order valence-corrected chi connectivity index (χ4v) is 3.90. The average Bonchev–Trinajstić information content (AvgIpc) is 2.77. The van der Waals surface area contributed by atoms with Crippen molar-refractivity contribution >= 4 is 34.2 Å². The molecule has 158 valence electrons. The number of esters is 1. The fourth-order valence-electron chi connectivity index (χ4n) is 3.90. The number of ether oxygens (including phenoxy) is 1. The van der Waals surface area contributed by atoms with Crippen LogP contribution in [0.15, 0.2) is 42.5 Å². The van der Waals surface area contributed by atoms with E-state index in [4.69, 9.17) is 9.72 Å². The van der Waals surface area contributed by atoms with E-state index in [0.29, 0.717) is 16.8 Å². The molecule has 0 saturated heterocycles. The molecule has 4 rings (SSSR count). The largest absolute Gasteiger partial charge is 0.452 e. The van der Waals surface area contributed by atoms with E-state index in [9.17, 15) is 19.7 Å². The van der Waals surface area contributed by atoms with E-state index in [-0.39, 0.29) is 5.69 Å². The lowest BCUT2D eigenvalue weighted by atomic mass is 9.90. The summed E-state index contributed by atoms with van der Waals surface area (Å²) < 4.78 is 5.35. The van der Waals surface area contributed by atoms with E-state index in [1.54, 1.807) is 6.92 Å². The number of rotatable bonds is 5. The SMILES string of the molecule is Cc1cc([N+](=O)[O-])ccc1NC(=O)COC(=O)c1c2c(nc3ccccc13)CCCC2. The van der Waals surface area contributed by atoms with Gasteiger partial charge in [-0.3, -0.25) is 19.9 Å². The molecule has 0 spiro atoms. The third kappa shape index (κ3) is 4.23. The van der Waals surface area contributed by atoms with E-state index in [2.05, 4.69) is 5.32 Å². The molecule has 3 aromatic rings. The van der Waals surface area contributed by atoms with Crippen LogP contribution in [0.4, 0.5) is 11.4 Å². The van der Waals surface area contributed by atoms with Crippen LogP contribution in [-0.4, -0.2) is 28.4 Å². The summed E-state index contributed by atoms with van der Waals surface area (Å²) in [4.78, 5) is 40.4. The van der Waals surface area contributed by atoms with Gasteiger partial charge in [-0.1, -0.05) is 18.2 Å². The highest BCUT2D eigenvalue weighted by molar-refractivity contribution is 6.06. The number of nitrogens with one attached hydrogen (secondary N) is 1. The summed E-state index contributed by atoms with van der Waals surface area (Å²) in [5, 5.41) is 14.2. The summed E-state index contributed by atoms with van der Waals surface area (Å²) in [5.74, 6) is -1.06. The van der Waals surface area contributed by atoms with Crippen molar-refractivity contribution in [3.63, 3.8) is 0 Å². The number of carbonyl (C=O) groups excluding carboxylic acids is 2. The minimum atomic E-state index is -0.549. The maximum absolute atomic E-state index is 13.0. The van der Waals surface area contributed by atoms with Gasteiger partial charge in [0.05, 0.1) is 16.0 Å². The highest BCUT2D eigenvalue weighted by Crippen LogP contribution is 2.30. The van der Waals surface area contributed by atoms with Crippen molar-refractivity contribution in [2.45, 2.75) is 32.6 Å². The van der Waals surface area contributed by atoms with Gasteiger partial charge in [-0.2, -0.15) is 0 Å². The summed E-state index contributed by atoms with van der Waals surface area (Å²) >= 11 is 0. The van der Waals surface area contributed by atoms with Crippen LogP contribution in [0.5, 0.6) is 0 Å². The Hall–Kier alpha value is -3.81.